The molecular weight excluding hydrogens is 350 g/mol. The molecule has 0 amide bonds. The van der Waals surface area contributed by atoms with Gasteiger partial charge in [-0.1, -0.05) is 41.5 Å². The predicted octanol–water partition coefficient (Wildman–Crippen LogP) is 5.20. The maximum atomic E-state index is 6.86. The molecule has 0 bridgehead atoms. The Balaban J connectivity index is 1.83. The Morgan fingerprint density at radius 2 is 1.74 bits per heavy atom. The van der Waals surface area contributed by atoms with Crippen LogP contribution in [0.4, 0.5) is 11.4 Å². The van der Waals surface area contributed by atoms with Gasteiger partial charge < -0.3 is 15.1 Å². The summed E-state index contributed by atoms with van der Waals surface area (Å²) in [4.78, 5) is 7.18. The van der Waals surface area contributed by atoms with Gasteiger partial charge in [0.1, 0.15) is 0 Å². The molecule has 1 aliphatic heterocycles. The van der Waals surface area contributed by atoms with E-state index in [1.54, 1.807) is 0 Å². The van der Waals surface area contributed by atoms with E-state index in [1.165, 1.54) is 23.4 Å². The molecule has 2 heterocycles. The fourth-order valence-corrected chi connectivity index (χ4v) is 6.08. The van der Waals surface area contributed by atoms with Crippen LogP contribution in [-0.4, -0.2) is 32.5 Å². The van der Waals surface area contributed by atoms with Gasteiger partial charge in [-0.2, -0.15) is 0 Å². The van der Waals surface area contributed by atoms with Crippen molar-refractivity contribution in [1.29, 1.82) is 0 Å². The highest BCUT2D eigenvalue weighted by molar-refractivity contribution is 6.74. The molecule has 0 saturated carbocycles. The van der Waals surface area contributed by atoms with Crippen molar-refractivity contribution in [2.75, 3.05) is 23.7 Å². The zero-order valence-corrected chi connectivity index (χ0v) is 19.6. The summed E-state index contributed by atoms with van der Waals surface area (Å²) in [5, 5.41) is 0.246. The number of hydrogen-bond acceptors (Lipinski definition) is 4. The van der Waals surface area contributed by atoms with Gasteiger partial charge in [-0.3, -0.25) is 4.98 Å². The van der Waals surface area contributed by atoms with Crippen LogP contribution in [0.1, 0.15) is 65.1 Å². The number of nitrogens with two attached hydrogens (primary N) is 1. The van der Waals surface area contributed by atoms with Crippen LogP contribution < -0.4 is 10.6 Å². The van der Waals surface area contributed by atoms with Crippen LogP contribution in [0.2, 0.25) is 18.1 Å². The molecule has 0 unspecified atom stereocenters. The standard InChI is InChI=1S/C22H39N3OSi/c1-14-9-10-17-19(14)24-11-18(23)20(17)25-12-15(2)21(16(3)13-25)26-27(7,8)22(4,5)6/h11,14-16,21H,9-10,12-13,23H2,1-8H3/t14-,15-,16+,21+/m1/s1. The number of piperidine rings is 1. The molecule has 1 aliphatic carbocycles. The lowest BCUT2D eigenvalue weighted by molar-refractivity contribution is 0.0627. The SMILES string of the molecule is C[C@@H]1CCc2c1ncc(N)c2N1C[C@@H](C)[C@H](O[Si](C)(C)C(C)(C)C)[C@@H](C)C1. The molecule has 0 aromatic carbocycles. The third-order valence-corrected chi connectivity index (χ3v) is 11.7. The second kappa shape index (κ2) is 7.07. The number of anilines is 2. The summed E-state index contributed by atoms with van der Waals surface area (Å²) in [5.74, 6) is 1.53. The van der Waals surface area contributed by atoms with Gasteiger partial charge in [-0.05, 0) is 54.3 Å². The molecule has 1 fully saturated rings. The second-order valence-corrected chi connectivity index (χ2v) is 15.3. The molecule has 4 atom stereocenters. The quantitative estimate of drug-likeness (QED) is 0.722. The Labute approximate surface area is 167 Å². The summed E-state index contributed by atoms with van der Waals surface area (Å²) in [6.45, 7) is 20.7. The van der Waals surface area contributed by atoms with Crippen LogP contribution >= 0.6 is 0 Å². The molecule has 2 N–H and O–H groups in total. The maximum absolute atomic E-state index is 6.86. The Hall–Kier alpha value is -1.07. The van der Waals surface area contributed by atoms with E-state index in [-0.39, 0.29) is 5.04 Å². The van der Waals surface area contributed by atoms with Crippen LogP contribution in [0.3, 0.4) is 0 Å². The van der Waals surface area contributed by atoms with E-state index >= 15 is 0 Å². The smallest absolute Gasteiger partial charge is 0.192 e. The number of pyridine rings is 1. The molecule has 1 saturated heterocycles. The van der Waals surface area contributed by atoms with Crippen molar-refractivity contribution in [3.8, 4) is 0 Å². The number of fused-ring (bicyclic) bond motifs is 1. The Bertz CT molecular complexity index is 686. The van der Waals surface area contributed by atoms with Gasteiger partial charge in [0.15, 0.2) is 8.32 Å². The van der Waals surface area contributed by atoms with Gasteiger partial charge in [0.05, 0.1) is 23.7 Å². The topological polar surface area (TPSA) is 51.4 Å². The van der Waals surface area contributed by atoms with E-state index in [0.717, 1.165) is 25.2 Å². The highest BCUT2D eigenvalue weighted by atomic mass is 28.4. The first kappa shape index (κ1) is 20.7. The van der Waals surface area contributed by atoms with E-state index in [2.05, 4.69) is 64.5 Å². The summed E-state index contributed by atoms with van der Waals surface area (Å²) in [6, 6.07) is 0. The molecule has 27 heavy (non-hydrogen) atoms. The van der Waals surface area contributed by atoms with Crippen molar-refractivity contribution < 1.29 is 4.43 Å². The average Bonchev–Trinajstić information content (AvgIpc) is 2.90. The summed E-state index contributed by atoms with van der Waals surface area (Å²) in [6.07, 6.45) is 4.50. The van der Waals surface area contributed by atoms with E-state index < -0.39 is 8.32 Å². The maximum Gasteiger partial charge on any atom is 0.192 e. The summed E-state index contributed by atoms with van der Waals surface area (Å²) in [5.41, 5.74) is 11.2. The first-order valence-electron chi connectivity index (χ1n) is 10.6. The second-order valence-electron chi connectivity index (χ2n) is 10.6. The van der Waals surface area contributed by atoms with Gasteiger partial charge in [0, 0.05) is 18.8 Å². The normalized spacial score (nSPS) is 29.1. The number of nitrogens with zero attached hydrogens (tertiary/aromatic N) is 2. The van der Waals surface area contributed by atoms with Crippen LogP contribution in [0, 0.1) is 11.8 Å². The van der Waals surface area contributed by atoms with Gasteiger partial charge >= 0.3 is 0 Å². The zero-order valence-electron chi connectivity index (χ0n) is 18.6. The van der Waals surface area contributed by atoms with Crippen LogP contribution in [-0.2, 0) is 10.8 Å². The van der Waals surface area contributed by atoms with E-state index in [4.69, 9.17) is 10.2 Å². The predicted molar refractivity (Wildman–Crippen MR) is 118 cm³/mol. The summed E-state index contributed by atoms with van der Waals surface area (Å²) in [7, 11) is -1.77. The number of hydrogen-bond donors (Lipinski definition) is 1. The number of rotatable bonds is 3. The molecule has 1 aromatic heterocycles. The fraction of sp³-hybridized carbons (Fsp3) is 0.773. The zero-order chi connectivity index (χ0) is 20.1. The van der Waals surface area contributed by atoms with Crippen LogP contribution in [0.25, 0.3) is 0 Å². The van der Waals surface area contributed by atoms with Gasteiger partial charge in [0.2, 0.25) is 0 Å². The Morgan fingerprint density at radius 1 is 1.15 bits per heavy atom. The van der Waals surface area contributed by atoms with Crippen molar-refractivity contribution >= 4 is 19.7 Å². The average molecular weight is 390 g/mol. The third kappa shape index (κ3) is 3.77. The fourth-order valence-electron chi connectivity index (χ4n) is 4.59. The lowest BCUT2D eigenvalue weighted by Gasteiger charge is -2.48. The minimum atomic E-state index is -1.77. The van der Waals surface area contributed by atoms with E-state index in [1.807, 2.05) is 6.20 Å². The summed E-state index contributed by atoms with van der Waals surface area (Å²) < 4.78 is 6.86. The third-order valence-electron chi connectivity index (χ3n) is 7.20. The van der Waals surface area contributed by atoms with Crippen LogP contribution in [0.5, 0.6) is 0 Å². The van der Waals surface area contributed by atoms with Crippen LogP contribution in [0.15, 0.2) is 6.20 Å². The lowest BCUT2D eigenvalue weighted by Crippen LogP contribution is -2.54. The van der Waals surface area contributed by atoms with Crippen molar-refractivity contribution in [1.82, 2.24) is 4.98 Å². The molecule has 0 spiro atoms. The first-order chi connectivity index (χ1) is 12.4. The molecule has 152 valence electrons. The Kier molecular flexibility index (Phi) is 5.41. The molecule has 0 radical (unpaired) electrons. The molecule has 5 heteroatoms. The first-order valence-corrected chi connectivity index (χ1v) is 13.5. The van der Waals surface area contributed by atoms with Crippen molar-refractivity contribution in [3.05, 3.63) is 17.5 Å². The monoisotopic (exact) mass is 389 g/mol. The minimum absolute atomic E-state index is 0.246. The lowest BCUT2D eigenvalue weighted by atomic mass is 9.87. The highest BCUT2D eigenvalue weighted by Gasteiger charge is 2.43. The molecule has 1 aromatic rings. The molecule has 2 aliphatic rings. The largest absolute Gasteiger partial charge is 0.413 e. The Morgan fingerprint density at radius 3 is 2.30 bits per heavy atom. The van der Waals surface area contributed by atoms with E-state index in [0.29, 0.717) is 23.9 Å². The van der Waals surface area contributed by atoms with Gasteiger partial charge in [0.25, 0.3) is 0 Å². The highest BCUT2D eigenvalue weighted by Crippen LogP contribution is 2.44. The molecular formula is C22H39N3OSi. The minimum Gasteiger partial charge on any atom is -0.413 e. The van der Waals surface area contributed by atoms with Gasteiger partial charge in [-0.15, -0.1) is 0 Å². The number of aromatic nitrogens is 1. The molecule has 3 rings (SSSR count). The van der Waals surface area contributed by atoms with Gasteiger partial charge in [-0.25, -0.2) is 0 Å². The van der Waals surface area contributed by atoms with E-state index in [9.17, 15) is 0 Å². The summed E-state index contributed by atoms with van der Waals surface area (Å²) >= 11 is 0. The molecule has 4 nitrogen and oxygen atoms in total. The number of nitrogen functional groups attached to an aromatic ring is 1. The van der Waals surface area contributed by atoms with Crippen molar-refractivity contribution in [2.45, 2.75) is 84.5 Å². The van der Waals surface area contributed by atoms with Crippen molar-refractivity contribution in [2.24, 2.45) is 11.8 Å². The van der Waals surface area contributed by atoms with Crippen molar-refractivity contribution in [3.63, 3.8) is 0 Å².